The molecule has 5 heteroatoms. The van der Waals surface area contributed by atoms with Gasteiger partial charge in [-0.2, -0.15) is 0 Å². The Morgan fingerprint density at radius 3 is 3.12 bits per heavy atom. The van der Waals surface area contributed by atoms with Crippen molar-refractivity contribution < 1.29 is 4.92 Å². The lowest BCUT2D eigenvalue weighted by Crippen LogP contribution is -1.97. The van der Waals surface area contributed by atoms with Crippen LogP contribution in [0.4, 0.5) is 0 Å². The van der Waals surface area contributed by atoms with E-state index in [1.165, 1.54) is 0 Å². The molecule has 0 bridgehead atoms. The topological polar surface area (TPSA) is 60.4 Å². The van der Waals surface area contributed by atoms with Crippen molar-refractivity contribution in [1.82, 2.24) is 9.38 Å². The standard InChI is InChI=1S/C11H11N3O2/c1-2-9(14(15)16)7-10-8-12-11-5-3-4-6-13(10)11/h3-8H,2H2,1H3. The van der Waals surface area contributed by atoms with Crippen LogP contribution in [-0.2, 0) is 0 Å². The predicted octanol–water partition coefficient (Wildman–Crippen LogP) is 2.36. The molecule has 0 N–H and O–H groups in total. The summed E-state index contributed by atoms with van der Waals surface area (Å²) >= 11 is 0. The Labute approximate surface area is 92.2 Å². The first-order valence-corrected chi connectivity index (χ1v) is 4.99. The molecule has 0 unspecified atom stereocenters. The molecular weight excluding hydrogens is 206 g/mol. The highest BCUT2D eigenvalue weighted by atomic mass is 16.6. The van der Waals surface area contributed by atoms with Gasteiger partial charge in [-0.05, 0) is 12.1 Å². The van der Waals surface area contributed by atoms with Gasteiger partial charge in [0.15, 0.2) is 0 Å². The van der Waals surface area contributed by atoms with Gasteiger partial charge in [0, 0.05) is 18.7 Å². The molecule has 2 aromatic rings. The summed E-state index contributed by atoms with van der Waals surface area (Å²) in [6, 6.07) is 5.60. The molecule has 2 rings (SSSR count). The number of rotatable bonds is 3. The van der Waals surface area contributed by atoms with E-state index in [1.54, 1.807) is 19.2 Å². The van der Waals surface area contributed by atoms with Crippen molar-refractivity contribution in [1.29, 1.82) is 0 Å². The quantitative estimate of drug-likeness (QED) is 0.585. The minimum Gasteiger partial charge on any atom is -0.300 e. The van der Waals surface area contributed by atoms with Crippen molar-refractivity contribution in [3.63, 3.8) is 0 Å². The van der Waals surface area contributed by atoms with E-state index in [9.17, 15) is 10.1 Å². The Hall–Kier alpha value is -2.17. The molecule has 0 saturated carbocycles. The monoisotopic (exact) mass is 217 g/mol. The fraction of sp³-hybridized carbons (Fsp3) is 0.182. The Balaban J connectivity index is 2.52. The number of aromatic nitrogens is 2. The van der Waals surface area contributed by atoms with Crippen LogP contribution in [0.5, 0.6) is 0 Å². The van der Waals surface area contributed by atoms with Gasteiger partial charge in [-0.25, -0.2) is 4.98 Å². The number of allylic oxidation sites excluding steroid dienone is 1. The second kappa shape index (κ2) is 4.14. The Morgan fingerprint density at radius 2 is 2.44 bits per heavy atom. The molecule has 0 spiro atoms. The normalized spacial score (nSPS) is 11.9. The Kier molecular flexibility index (Phi) is 2.68. The number of imidazole rings is 1. The molecule has 5 nitrogen and oxygen atoms in total. The lowest BCUT2D eigenvalue weighted by Gasteiger charge is -1.96. The molecule has 0 aliphatic rings. The molecule has 0 aromatic carbocycles. The van der Waals surface area contributed by atoms with E-state index < -0.39 is 0 Å². The SMILES string of the molecule is CCC(=Cc1cnc2ccccn12)[N+](=O)[O-]. The van der Waals surface area contributed by atoms with Gasteiger partial charge in [-0.15, -0.1) is 0 Å². The van der Waals surface area contributed by atoms with Gasteiger partial charge in [-0.3, -0.25) is 10.1 Å². The summed E-state index contributed by atoms with van der Waals surface area (Å²) in [6.07, 6.45) is 5.42. The zero-order valence-corrected chi connectivity index (χ0v) is 8.83. The summed E-state index contributed by atoms with van der Waals surface area (Å²) in [4.78, 5) is 14.5. The largest absolute Gasteiger partial charge is 0.300 e. The first-order valence-electron chi connectivity index (χ1n) is 4.99. The van der Waals surface area contributed by atoms with Gasteiger partial charge in [0.25, 0.3) is 0 Å². The lowest BCUT2D eigenvalue weighted by molar-refractivity contribution is -0.425. The third kappa shape index (κ3) is 1.79. The molecule has 0 radical (unpaired) electrons. The third-order valence-electron chi connectivity index (χ3n) is 2.36. The number of nitro groups is 1. The molecule has 0 saturated heterocycles. The van der Waals surface area contributed by atoms with Crippen LogP contribution in [0.3, 0.4) is 0 Å². The highest BCUT2D eigenvalue weighted by Gasteiger charge is 2.09. The molecule has 0 aliphatic carbocycles. The second-order valence-electron chi connectivity index (χ2n) is 3.36. The fourth-order valence-electron chi connectivity index (χ4n) is 1.51. The molecule has 0 amide bonds. The van der Waals surface area contributed by atoms with Crippen molar-refractivity contribution in [2.75, 3.05) is 0 Å². The average Bonchev–Trinajstić information content (AvgIpc) is 2.69. The predicted molar refractivity (Wildman–Crippen MR) is 60.5 cm³/mol. The molecule has 82 valence electrons. The first kappa shape index (κ1) is 10.4. The summed E-state index contributed by atoms with van der Waals surface area (Å²) in [5.41, 5.74) is 1.70. The van der Waals surface area contributed by atoms with Gasteiger partial charge < -0.3 is 4.40 Å². The second-order valence-corrected chi connectivity index (χ2v) is 3.36. The minimum atomic E-state index is -0.359. The number of pyridine rings is 1. The van der Waals surface area contributed by atoms with Crippen LogP contribution in [0.15, 0.2) is 36.3 Å². The fourth-order valence-corrected chi connectivity index (χ4v) is 1.51. The van der Waals surface area contributed by atoms with Crippen molar-refractivity contribution in [3.8, 4) is 0 Å². The smallest absolute Gasteiger partial charge is 0.248 e. The maximum Gasteiger partial charge on any atom is 0.248 e. The number of fused-ring (bicyclic) bond motifs is 1. The van der Waals surface area contributed by atoms with Crippen LogP contribution >= 0.6 is 0 Å². The summed E-state index contributed by atoms with van der Waals surface area (Å²) in [5, 5.41) is 10.7. The van der Waals surface area contributed by atoms with E-state index in [1.807, 2.05) is 28.8 Å². The van der Waals surface area contributed by atoms with Crippen LogP contribution < -0.4 is 0 Å². The first-order chi connectivity index (χ1) is 7.72. The molecule has 16 heavy (non-hydrogen) atoms. The summed E-state index contributed by atoms with van der Waals surface area (Å²) in [5.74, 6) is 0. The van der Waals surface area contributed by atoms with Gasteiger partial charge in [0.2, 0.25) is 5.70 Å². The van der Waals surface area contributed by atoms with E-state index >= 15 is 0 Å². The van der Waals surface area contributed by atoms with Crippen molar-refractivity contribution >= 4 is 11.7 Å². The van der Waals surface area contributed by atoms with Crippen LogP contribution in [0.2, 0.25) is 0 Å². The van der Waals surface area contributed by atoms with Crippen LogP contribution in [0.25, 0.3) is 11.7 Å². The van der Waals surface area contributed by atoms with Crippen molar-refractivity contribution in [2.24, 2.45) is 0 Å². The maximum absolute atomic E-state index is 10.7. The molecule has 2 aromatic heterocycles. The summed E-state index contributed by atoms with van der Waals surface area (Å²) < 4.78 is 1.82. The molecule has 0 aliphatic heterocycles. The molecule has 0 atom stereocenters. The average molecular weight is 217 g/mol. The van der Waals surface area contributed by atoms with E-state index in [0.29, 0.717) is 6.42 Å². The van der Waals surface area contributed by atoms with Gasteiger partial charge in [0.05, 0.1) is 16.8 Å². The Bertz CT molecular complexity index is 557. The number of hydrogen-bond donors (Lipinski definition) is 0. The van der Waals surface area contributed by atoms with Crippen LogP contribution in [0, 0.1) is 10.1 Å². The summed E-state index contributed by atoms with van der Waals surface area (Å²) in [6.45, 7) is 1.76. The van der Waals surface area contributed by atoms with Crippen molar-refractivity contribution in [2.45, 2.75) is 13.3 Å². The molecule has 2 heterocycles. The lowest BCUT2D eigenvalue weighted by atomic mass is 10.3. The van der Waals surface area contributed by atoms with Crippen molar-refractivity contribution in [3.05, 3.63) is 52.1 Å². The highest BCUT2D eigenvalue weighted by Crippen LogP contribution is 2.12. The molecule has 0 fully saturated rings. The van der Waals surface area contributed by atoms with E-state index in [-0.39, 0.29) is 10.6 Å². The summed E-state index contributed by atoms with van der Waals surface area (Å²) in [7, 11) is 0. The number of nitrogens with zero attached hydrogens (tertiary/aromatic N) is 3. The molecular formula is C11H11N3O2. The van der Waals surface area contributed by atoms with E-state index in [4.69, 9.17) is 0 Å². The maximum atomic E-state index is 10.7. The zero-order valence-electron chi connectivity index (χ0n) is 8.83. The van der Waals surface area contributed by atoms with Gasteiger partial charge >= 0.3 is 0 Å². The zero-order chi connectivity index (χ0) is 11.5. The van der Waals surface area contributed by atoms with Gasteiger partial charge in [0.1, 0.15) is 5.65 Å². The third-order valence-corrected chi connectivity index (χ3v) is 2.36. The Morgan fingerprint density at radius 1 is 1.62 bits per heavy atom. The number of hydrogen-bond acceptors (Lipinski definition) is 3. The minimum absolute atomic E-state index is 0.186. The van der Waals surface area contributed by atoms with Crippen LogP contribution in [0.1, 0.15) is 19.0 Å². The van der Waals surface area contributed by atoms with E-state index in [0.717, 1.165) is 11.3 Å². The van der Waals surface area contributed by atoms with Crippen LogP contribution in [-0.4, -0.2) is 14.3 Å². The highest BCUT2D eigenvalue weighted by molar-refractivity contribution is 5.53. The van der Waals surface area contributed by atoms with E-state index in [2.05, 4.69) is 4.98 Å². The van der Waals surface area contributed by atoms with Gasteiger partial charge in [-0.1, -0.05) is 13.0 Å².